The molecule has 2 aromatic rings. The molecular weight excluding hydrogens is 328 g/mol. The monoisotopic (exact) mass is 354 g/mol. The van der Waals surface area contributed by atoms with Gasteiger partial charge in [-0.3, -0.25) is 4.79 Å². The predicted octanol–water partition coefficient (Wildman–Crippen LogP) is 2.87. The van der Waals surface area contributed by atoms with Crippen LogP contribution in [-0.4, -0.2) is 39.1 Å². The summed E-state index contributed by atoms with van der Waals surface area (Å²) in [6.45, 7) is 2.93. The van der Waals surface area contributed by atoms with Crippen molar-refractivity contribution in [2.24, 2.45) is 0 Å². The number of benzene rings is 2. The molecule has 0 saturated carbocycles. The molecule has 6 nitrogen and oxygen atoms in total. The topological polar surface area (TPSA) is 73.5 Å². The molecule has 0 bridgehead atoms. The minimum absolute atomic E-state index is 0.163. The number of amides is 3. The van der Waals surface area contributed by atoms with Gasteiger partial charge in [0.1, 0.15) is 0 Å². The molecule has 0 aromatic heterocycles. The summed E-state index contributed by atoms with van der Waals surface area (Å²) in [6.07, 6.45) is 0.765. The highest BCUT2D eigenvalue weighted by Crippen LogP contribution is 2.23. The maximum Gasteiger partial charge on any atom is 0.319 e. The Balaban J connectivity index is 2.08. The Morgan fingerprint density at radius 1 is 1.00 bits per heavy atom. The lowest BCUT2D eigenvalue weighted by molar-refractivity contribution is 0.0954. The largest absolute Gasteiger partial charge is 0.377 e. The molecule has 0 spiro atoms. The molecule has 2 aromatic carbocycles. The van der Waals surface area contributed by atoms with Crippen molar-refractivity contribution >= 4 is 23.3 Å². The van der Waals surface area contributed by atoms with Gasteiger partial charge < -0.3 is 20.9 Å². The van der Waals surface area contributed by atoms with Crippen molar-refractivity contribution in [3.05, 3.63) is 59.7 Å². The summed E-state index contributed by atoms with van der Waals surface area (Å²) in [5.41, 5.74) is 3.07. The molecule has 0 saturated heterocycles. The number of hydrogen-bond acceptors (Lipinski definition) is 3. The number of anilines is 2. The second-order valence-electron chi connectivity index (χ2n) is 6.10. The average Bonchev–Trinajstić information content (AvgIpc) is 2.62. The fraction of sp³-hybridized carbons (Fsp3) is 0.300. The predicted molar refractivity (Wildman–Crippen MR) is 106 cm³/mol. The summed E-state index contributed by atoms with van der Waals surface area (Å²) in [5, 5.41) is 8.36. The van der Waals surface area contributed by atoms with Crippen LogP contribution in [0.2, 0.25) is 0 Å². The highest BCUT2D eigenvalue weighted by molar-refractivity contribution is 6.01. The number of nitrogens with one attached hydrogen (secondary N) is 3. The van der Waals surface area contributed by atoms with E-state index in [-0.39, 0.29) is 11.9 Å². The highest BCUT2D eigenvalue weighted by Gasteiger charge is 2.14. The normalized spacial score (nSPS) is 10.1. The van der Waals surface area contributed by atoms with E-state index in [0.717, 1.165) is 12.1 Å². The van der Waals surface area contributed by atoms with Gasteiger partial charge in [0.25, 0.3) is 5.91 Å². The van der Waals surface area contributed by atoms with Gasteiger partial charge in [-0.15, -0.1) is 0 Å². The third-order valence-electron chi connectivity index (χ3n) is 3.86. The molecule has 0 atom stereocenters. The van der Waals surface area contributed by atoms with Gasteiger partial charge >= 0.3 is 6.03 Å². The fourth-order valence-electron chi connectivity index (χ4n) is 2.58. The lowest BCUT2D eigenvalue weighted by Gasteiger charge is -2.18. The van der Waals surface area contributed by atoms with E-state index < -0.39 is 0 Å². The Labute approximate surface area is 154 Å². The van der Waals surface area contributed by atoms with Crippen LogP contribution >= 0.6 is 0 Å². The summed E-state index contributed by atoms with van der Waals surface area (Å²) < 4.78 is 0. The Bertz CT molecular complexity index is 745. The number of carbonyl (C=O) groups is 2. The van der Waals surface area contributed by atoms with Gasteiger partial charge in [-0.25, -0.2) is 4.79 Å². The van der Waals surface area contributed by atoms with Crippen molar-refractivity contribution in [2.75, 3.05) is 37.4 Å². The number of hydrogen-bond donors (Lipinski definition) is 3. The Morgan fingerprint density at radius 3 is 2.38 bits per heavy atom. The molecular formula is C20H26N4O2. The molecule has 0 aliphatic carbocycles. The quantitative estimate of drug-likeness (QED) is 0.716. The highest BCUT2D eigenvalue weighted by atomic mass is 16.2. The molecule has 138 valence electrons. The maximum atomic E-state index is 12.7. The number of nitrogens with zero attached hydrogens (tertiary/aromatic N) is 1. The summed E-state index contributed by atoms with van der Waals surface area (Å²) in [5.74, 6) is -0.163. The van der Waals surface area contributed by atoms with E-state index in [2.05, 4.69) is 16.0 Å². The van der Waals surface area contributed by atoms with Crippen molar-refractivity contribution in [1.29, 1.82) is 0 Å². The molecule has 0 unspecified atom stereocenters. The van der Waals surface area contributed by atoms with Crippen molar-refractivity contribution in [1.82, 2.24) is 10.6 Å². The maximum absolute atomic E-state index is 12.7. The van der Waals surface area contributed by atoms with E-state index in [4.69, 9.17) is 0 Å². The minimum atomic E-state index is -0.291. The van der Waals surface area contributed by atoms with Crippen LogP contribution in [0.25, 0.3) is 0 Å². The van der Waals surface area contributed by atoms with Gasteiger partial charge in [0, 0.05) is 38.6 Å². The first-order valence-corrected chi connectivity index (χ1v) is 8.69. The van der Waals surface area contributed by atoms with E-state index >= 15 is 0 Å². The Hall–Kier alpha value is -3.02. The Morgan fingerprint density at radius 2 is 1.73 bits per heavy atom. The SMILES string of the molecule is CCNC(=O)Nc1ccc(N(C)C)c(C(=O)NCCc2ccccc2)c1. The summed E-state index contributed by atoms with van der Waals surface area (Å²) >= 11 is 0. The van der Waals surface area contributed by atoms with Crippen LogP contribution in [-0.2, 0) is 6.42 Å². The molecule has 3 N–H and O–H groups in total. The molecule has 6 heteroatoms. The third-order valence-corrected chi connectivity index (χ3v) is 3.86. The van der Waals surface area contributed by atoms with Gasteiger partial charge in [0.05, 0.1) is 5.56 Å². The minimum Gasteiger partial charge on any atom is -0.377 e. The van der Waals surface area contributed by atoms with Gasteiger partial charge in [-0.1, -0.05) is 30.3 Å². The van der Waals surface area contributed by atoms with Crippen molar-refractivity contribution in [3.63, 3.8) is 0 Å². The summed E-state index contributed by atoms with van der Waals surface area (Å²) in [7, 11) is 3.76. The number of carbonyl (C=O) groups excluding carboxylic acids is 2. The van der Waals surface area contributed by atoms with Crippen molar-refractivity contribution in [3.8, 4) is 0 Å². The first kappa shape index (κ1) is 19.3. The van der Waals surface area contributed by atoms with Gasteiger partial charge in [-0.2, -0.15) is 0 Å². The molecule has 0 aliphatic heterocycles. The molecule has 26 heavy (non-hydrogen) atoms. The van der Waals surface area contributed by atoms with Crippen LogP contribution in [0.4, 0.5) is 16.2 Å². The number of rotatable bonds is 7. The van der Waals surface area contributed by atoms with Gasteiger partial charge in [0.2, 0.25) is 0 Å². The van der Waals surface area contributed by atoms with Crippen LogP contribution in [0.15, 0.2) is 48.5 Å². The lowest BCUT2D eigenvalue weighted by Crippen LogP contribution is -2.29. The van der Waals surface area contributed by atoms with E-state index in [1.54, 1.807) is 12.1 Å². The Kier molecular flexibility index (Phi) is 7.02. The molecule has 0 radical (unpaired) electrons. The first-order chi connectivity index (χ1) is 12.5. The second-order valence-corrected chi connectivity index (χ2v) is 6.10. The summed E-state index contributed by atoms with van der Waals surface area (Å²) in [6, 6.07) is 15.0. The molecule has 3 amide bonds. The standard InChI is InChI=1S/C20H26N4O2/c1-4-21-20(26)23-16-10-11-18(24(2)3)17(14-16)19(25)22-13-12-15-8-6-5-7-9-15/h5-11,14H,4,12-13H2,1-3H3,(H,22,25)(H2,21,23,26). The lowest BCUT2D eigenvalue weighted by atomic mass is 10.1. The van der Waals surface area contributed by atoms with E-state index in [0.29, 0.717) is 24.3 Å². The zero-order valence-corrected chi connectivity index (χ0v) is 15.5. The molecule has 2 rings (SSSR count). The fourth-order valence-corrected chi connectivity index (χ4v) is 2.58. The van der Waals surface area contributed by atoms with Crippen LogP contribution in [0.1, 0.15) is 22.8 Å². The molecule has 0 fully saturated rings. The summed E-state index contributed by atoms with van der Waals surface area (Å²) in [4.78, 5) is 26.2. The van der Waals surface area contributed by atoms with Crippen molar-refractivity contribution in [2.45, 2.75) is 13.3 Å². The van der Waals surface area contributed by atoms with E-state index in [9.17, 15) is 9.59 Å². The zero-order chi connectivity index (χ0) is 18.9. The molecule has 0 heterocycles. The van der Waals surface area contributed by atoms with E-state index in [1.807, 2.05) is 62.3 Å². The van der Waals surface area contributed by atoms with E-state index in [1.165, 1.54) is 5.56 Å². The average molecular weight is 354 g/mol. The third kappa shape index (κ3) is 5.51. The van der Waals surface area contributed by atoms with Gasteiger partial charge in [0.15, 0.2) is 0 Å². The molecule has 0 aliphatic rings. The van der Waals surface area contributed by atoms with Crippen LogP contribution in [0.5, 0.6) is 0 Å². The van der Waals surface area contributed by atoms with Crippen LogP contribution in [0, 0.1) is 0 Å². The van der Waals surface area contributed by atoms with Crippen LogP contribution in [0.3, 0.4) is 0 Å². The smallest absolute Gasteiger partial charge is 0.319 e. The number of urea groups is 1. The first-order valence-electron chi connectivity index (χ1n) is 8.69. The zero-order valence-electron chi connectivity index (χ0n) is 15.5. The van der Waals surface area contributed by atoms with Crippen LogP contribution < -0.4 is 20.9 Å². The van der Waals surface area contributed by atoms with Crippen molar-refractivity contribution < 1.29 is 9.59 Å². The van der Waals surface area contributed by atoms with Gasteiger partial charge in [-0.05, 0) is 37.1 Å². The second kappa shape index (κ2) is 9.46.